The van der Waals surface area contributed by atoms with Gasteiger partial charge in [-0.1, -0.05) is 0 Å². The van der Waals surface area contributed by atoms with Crippen LogP contribution in [-0.4, -0.2) is 23.1 Å². The first kappa shape index (κ1) is 11.7. The highest BCUT2D eigenvalue weighted by atomic mass is 16.6. The van der Waals surface area contributed by atoms with Crippen LogP contribution >= 0.6 is 0 Å². The summed E-state index contributed by atoms with van der Waals surface area (Å²) in [5.74, 6) is -0.753. The molecule has 0 saturated carbocycles. The Hall–Kier alpha value is -2.37. The van der Waals surface area contributed by atoms with E-state index in [1.165, 1.54) is 31.4 Å². The molecule has 1 N–H and O–H groups in total. The number of nitrogens with zero attached hydrogens (tertiary/aromatic N) is 1. The van der Waals surface area contributed by atoms with Gasteiger partial charge in [0, 0.05) is 23.8 Å². The molecule has 0 aliphatic carbocycles. The van der Waals surface area contributed by atoms with Crippen LogP contribution in [0.4, 0.5) is 5.69 Å². The van der Waals surface area contributed by atoms with Gasteiger partial charge in [-0.2, -0.15) is 0 Å². The summed E-state index contributed by atoms with van der Waals surface area (Å²) in [5, 5.41) is 19.0. The molecule has 6 nitrogen and oxygen atoms in total. The molecule has 1 aromatic rings. The molecule has 0 aliphatic rings. The topological polar surface area (TPSA) is 89.7 Å². The molecule has 0 atom stereocenters. The fourth-order valence-corrected chi connectivity index (χ4v) is 1.13. The predicted octanol–water partition coefficient (Wildman–Crippen LogP) is 1.70. The Morgan fingerprint density at radius 2 is 2.25 bits per heavy atom. The number of aliphatic carboxylic acids is 1. The van der Waals surface area contributed by atoms with Crippen LogP contribution in [0.15, 0.2) is 24.3 Å². The lowest BCUT2D eigenvalue weighted by Crippen LogP contribution is -1.92. The fourth-order valence-electron chi connectivity index (χ4n) is 1.13. The van der Waals surface area contributed by atoms with E-state index in [0.717, 1.165) is 6.08 Å². The number of hydrogen-bond acceptors (Lipinski definition) is 4. The Bertz CT molecular complexity index is 453. The number of hydrogen-bond donors (Lipinski definition) is 1. The lowest BCUT2D eigenvalue weighted by atomic mass is 10.1. The van der Waals surface area contributed by atoms with Gasteiger partial charge in [0.15, 0.2) is 0 Å². The summed E-state index contributed by atoms with van der Waals surface area (Å²) in [4.78, 5) is 20.3. The number of rotatable bonds is 4. The monoisotopic (exact) mass is 223 g/mol. The predicted molar refractivity (Wildman–Crippen MR) is 56.3 cm³/mol. The highest BCUT2D eigenvalue weighted by Gasteiger charge is 2.09. The van der Waals surface area contributed by atoms with Crippen molar-refractivity contribution < 1.29 is 19.6 Å². The maximum atomic E-state index is 10.5. The van der Waals surface area contributed by atoms with E-state index in [0.29, 0.717) is 11.3 Å². The van der Waals surface area contributed by atoms with E-state index >= 15 is 0 Å². The van der Waals surface area contributed by atoms with Crippen LogP contribution in [0.5, 0.6) is 5.75 Å². The zero-order valence-corrected chi connectivity index (χ0v) is 8.41. The largest absolute Gasteiger partial charge is 0.496 e. The molecule has 0 fully saturated rings. The molecule has 0 unspecified atom stereocenters. The van der Waals surface area contributed by atoms with E-state index in [2.05, 4.69) is 0 Å². The van der Waals surface area contributed by atoms with Crippen molar-refractivity contribution in [2.45, 2.75) is 0 Å². The zero-order chi connectivity index (χ0) is 12.1. The first-order chi connectivity index (χ1) is 7.54. The first-order valence-corrected chi connectivity index (χ1v) is 4.28. The van der Waals surface area contributed by atoms with Gasteiger partial charge in [0.1, 0.15) is 5.75 Å². The van der Waals surface area contributed by atoms with Crippen molar-refractivity contribution >= 4 is 17.7 Å². The Kier molecular flexibility index (Phi) is 3.60. The second kappa shape index (κ2) is 4.92. The second-order valence-corrected chi connectivity index (χ2v) is 2.85. The molecule has 16 heavy (non-hydrogen) atoms. The Labute approximate surface area is 90.9 Å². The van der Waals surface area contributed by atoms with Crippen molar-refractivity contribution in [3.8, 4) is 5.75 Å². The smallest absolute Gasteiger partial charge is 0.328 e. The highest BCUT2D eigenvalue weighted by molar-refractivity contribution is 5.86. The van der Waals surface area contributed by atoms with Gasteiger partial charge in [0.2, 0.25) is 0 Å². The number of nitro groups is 1. The van der Waals surface area contributed by atoms with Gasteiger partial charge in [-0.25, -0.2) is 4.79 Å². The third kappa shape index (κ3) is 2.81. The molecule has 1 rings (SSSR count). The molecular formula is C10H9NO5. The molecule has 6 heteroatoms. The maximum absolute atomic E-state index is 10.5. The van der Waals surface area contributed by atoms with Gasteiger partial charge < -0.3 is 9.84 Å². The van der Waals surface area contributed by atoms with Crippen LogP contribution in [0.1, 0.15) is 5.56 Å². The number of ether oxygens (including phenoxy) is 1. The van der Waals surface area contributed by atoms with Gasteiger partial charge in [-0.15, -0.1) is 0 Å². The van der Waals surface area contributed by atoms with Gasteiger partial charge in [-0.3, -0.25) is 10.1 Å². The highest BCUT2D eigenvalue weighted by Crippen LogP contribution is 2.24. The third-order valence-corrected chi connectivity index (χ3v) is 1.83. The molecule has 1 aromatic carbocycles. The van der Waals surface area contributed by atoms with E-state index in [4.69, 9.17) is 9.84 Å². The molecule has 0 heterocycles. The molecule has 0 aliphatic heterocycles. The average Bonchev–Trinajstić information content (AvgIpc) is 2.25. The number of methoxy groups -OCH3 is 1. The van der Waals surface area contributed by atoms with Gasteiger partial charge in [0.05, 0.1) is 12.0 Å². The zero-order valence-electron chi connectivity index (χ0n) is 8.41. The molecule has 0 radical (unpaired) electrons. The number of carboxylic acids is 1. The average molecular weight is 223 g/mol. The summed E-state index contributed by atoms with van der Waals surface area (Å²) < 4.78 is 4.95. The number of carbonyl (C=O) groups is 1. The molecule has 0 spiro atoms. The van der Waals surface area contributed by atoms with Crippen LogP contribution in [0.2, 0.25) is 0 Å². The normalized spacial score (nSPS) is 10.3. The molecule has 0 aromatic heterocycles. The quantitative estimate of drug-likeness (QED) is 0.476. The van der Waals surface area contributed by atoms with E-state index in [1.54, 1.807) is 0 Å². The van der Waals surface area contributed by atoms with Gasteiger partial charge in [0.25, 0.3) is 5.69 Å². The maximum Gasteiger partial charge on any atom is 0.328 e. The summed E-state index contributed by atoms with van der Waals surface area (Å²) >= 11 is 0. The number of benzene rings is 1. The van der Waals surface area contributed by atoms with Crippen molar-refractivity contribution in [3.63, 3.8) is 0 Å². The van der Waals surface area contributed by atoms with Crippen LogP contribution in [0.25, 0.3) is 6.08 Å². The Balaban J connectivity index is 3.16. The molecule has 0 bridgehead atoms. The van der Waals surface area contributed by atoms with Crippen LogP contribution in [-0.2, 0) is 4.79 Å². The van der Waals surface area contributed by atoms with E-state index in [-0.39, 0.29) is 5.69 Å². The summed E-state index contributed by atoms with van der Waals surface area (Å²) in [6.07, 6.45) is 2.13. The minimum Gasteiger partial charge on any atom is -0.496 e. The molecule has 84 valence electrons. The fraction of sp³-hybridized carbons (Fsp3) is 0.100. The summed E-state index contributed by atoms with van der Waals surface area (Å²) in [6, 6.07) is 3.95. The number of non-ortho nitro benzene ring substituents is 1. The number of nitro benzene ring substituents is 1. The SMILES string of the molecule is COc1ccc([N+](=O)[O-])cc1/C=C/C(=O)O. The summed E-state index contributed by atoms with van der Waals surface area (Å²) in [6.45, 7) is 0. The molecule has 0 saturated heterocycles. The lowest BCUT2D eigenvalue weighted by molar-refractivity contribution is -0.384. The van der Waals surface area contributed by atoms with Crippen molar-refractivity contribution in [2.75, 3.05) is 7.11 Å². The Morgan fingerprint density at radius 3 is 2.75 bits per heavy atom. The van der Waals surface area contributed by atoms with E-state index in [1.807, 2.05) is 0 Å². The van der Waals surface area contributed by atoms with Crippen LogP contribution in [0.3, 0.4) is 0 Å². The molecular weight excluding hydrogens is 214 g/mol. The minimum atomic E-state index is -1.13. The van der Waals surface area contributed by atoms with Crippen LogP contribution < -0.4 is 4.74 Å². The summed E-state index contributed by atoms with van der Waals surface area (Å²) in [7, 11) is 1.40. The van der Waals surface area contributed by atoms with Crippen LogP contribution in [0, 0.1) is 10.1 Å². The molecule has 0 amide bonds. The lowest BCUT2D eigenvalue weighted by Gasteiger charge is -2.03. The van der Waals surface area contributed by atoms with E-state index in [9.17, 15) is 14.9 Å². The minimum absolute atomic E-state index is 0.120. The Morgan fingerprint density at radius 1 is 1.56 bits per heavy atom. The van der Waals surface area contributed by atoms with Crippen molar-refractivity contribution in [1.29, 1.82) is 0 Å². The van der Waals surface area contributed by atoms with E-state index < -0.39 is 10.9 Å². The first-order valence-electron chi connectivity index (χ1n) is 4.28. The second-order valence-electron chi connectivity index (χ2n) is 2.85. The summed E-state index contributed by atoms with van der Waals surface area (Å²) in [5.41, 5.74) is 0.227. The number of carboxylic acid groups (broad SMARTS) is 1. The standard InChI is InChI=1S/C10H9NO5/c1-16-9-4-3-8(11(14)15)6-7(9)2-5-10(12)13/h2-6H,1H3,(H,12,13)/b5-2+. The van der Waals surface area contributed by atoms with Crippen molar-refractivity contribution in [1.82, 2.24) is 0 Å². The van der Waals surface area contributed by atoms with Gasteiger partial charge in [-0.05, 0) is 12.1 Å². The van der Waals surface area contributed by atoms with Gasteiger partial charge >= 0.3 is 5.97 Å². The van der Waals surface area contributed by atoms with Crippen molar-refractivity contribution in [2.24, 2.45) is 0 Å². The van der Waals surface area contributed by atoms with Crippen molar-refractivity contribution in [3.05, 3.63) is 40.0 Å². The third-order valence-electron chi connectivity index (χ3n) is 1.83.